The molecule has 4 aromatic rings. The van der Waals surface area contributed by atoms with Crippen LogP contribution in [0, 0.1) is 6.92 Å². The Morgan fingerprint density at radius 2 is 1.67 bits per heavy atom. The Hall–Kier alpha value is -3.16. The summed E-state index contributed by atoms with van der Waals surface area (Å²) in [5.74, 6) is -0.187. The summed E-state index contributed by atoms with van der Waals surface area (Å²) in [7, 11) is -3.78. The van der Waals surface area contributed by atoms with Crippen molar-refractivity contribution in [2.75, 3.05) is 5.32 Å². The van der Waals surface area contributed by atoms with Crippen LogP contribution in [0.5, 0.6) is 0 Å². The standard InChI is InChI=1S/C20H16N2O4S/c1-12-16-11-6-13-4-2-3-5-17(13)19(16)26-18(12)20(23)22-14-7-9-15(10-8-14)27(21,24)25/h2-11H,1H3,(H,22,23)(H2,21,24,25). The number of carbonyl (C=O) groups excluding carboxylic acids is 1. The highest BCUT2D eigenvalue weighted by molar-refractivity contribution is 7.89. The summed E-state index contributed by atoms with van der Waals surface area (Å²) < 4.78 is 28.5. The van der Waals surface area contributed by atoms with Gasteiger partial charge in [0, 0.05) is 22.0 Å². The van der Waals surface area contributed by atoms with Gasteiger partial charge in [0.15, 0.2) is 5.76 Å². The Labute approximate surface area is 155 Å². The summed E-state index contributed by atoms with van der Waals surface area (Å²) in [5, 5.41) is 10.6. The van der Waals surface area contributed by atoms with E-state index in [2.05, 4.69) is 5.32 Å². The molecule has 1 aromatic heterocycles. The minimum absolute atomic E-state index is 0.0214. The highest BCUT2D eigenvalue weighted by Crippen LogP contribution is 2.32. The maximum absolute atomic E-state index is 12.7. The third-order valence-electron chi connectivity index (χ3n) is 4.48. The highest BCUT2D eigenvalue weighted by Gasteiger charge is 2.19. The molecular weight excluding hydrogens is 364 g/mol. The van der Waals surface area contributed by atoms with Crippen LogP contribution in [0.25, 0.3) is 21.7 Å². The van der Waals surface area contributed by atoms with Gasteiger partial charge in [-0.1, -0.05) is 36.4 Å². The van der Waals surface area contributed by atoms with Gasteiger partial charge in [-0.15, -0.1) is 0 Å². The summed E-state index contributed by atoms with van der Waals surface area (Å²) in [6, 6.07) is 17.4. The molecule has 136 valence electrons. The zero-order valence-electron chi connectivity index (χ0n) is 14.4. The van der Waals surface area contributed by atoms with Crippen LogP contribution in [0.2, 0.25) is 0 Å². The Bertz CT molecular complexity index is 1290. The molecule has 3 N–H and O–H groups in total. The summed E-state index contributed by atoms with van der Waals surface area (Å²) in [4.78, 5) is 12.7. The predicted molar refractivity (Wildman–Crippen MR) is 104 cm³/mol. The minimum Gasteiger partial charge on any atom is -0.450 e. The van der Waals surface area contributed by atoms with E-state index in [1.165, 1.54) is 24.3 Å². The van der Waals surface area contributed by atoms with E-state index in [0.29, 0.717) is 11.3 Å². The number of sulfonamides is 1. The van der Waals surface area contributed by atoms with Gasteiger partial charge in [0.2, 0.25) is 10.0 Å². The van der Waals surface area contributed by atoms with Crippen LogP contribution < -0.4 is 10.5 Å². The highest BCUT2D eigenvalue weighted by atomic mass is 32.2. The van der Waals surface area contributed by atoms with Gasteiger partial charge in [-0.2, -0.15) is 0 Å². The number of carbonyl (C=O) groups is 1. The van der Waals surface area contributed by atoms with E-state index in [4.69, 9.17) is 9.56 Å². The molecule has 27 heavy (non-hydrogen) atoms. The second kappa shape index (κ2) is 6.22. The van der Waals surface area contributed by atoms with Crippen LogP contribution in [-0.2, 0) is 10.0 Å². The molecule has 0 saturated heterocycles. The van der Waals surface area contributed by atoms with Crippen LogP contribution in [0.1, 0.15) is 16.1 Å². The smallest absolute Gasteiger partial charge is 0.291 e. The number of rotatable bonds is 3. The Kier molecular flexibility index (Phi) is 3.98. The van der Waals surface area contributed by atoms with Crippen LogP contribution in [-0.4, -0.2) is 14.3 Å². The van der Waals surface area contributed by atoms with Gasteiger partial charge in [-0.3, -0.25) is 4.79 Å². The molecule has 0 bridgehead atoms. The topological polar surface area (TPSA) is 102 Å². The SMILES string of the molecule is Cc1c(C(=O)Nc2ccc(S(N)(=O)=O)cc2)oc2c1ccc1ccccc12. The van der Waals surface area contributed by atoms with Crippen molar-refractivity contribution in [3.8, 4) is 0 Å². The first-order valence-corrected chi connectivity index (χ1v) is 9.74. The van der Waals surface area contributed by atoms with E-state index < -0.39 is 15.9 Å². The average Bonchev–Trinajstić information content (AvgIpc) is 2.99. The van der Waals surface area contributed by atoms with Crippen molar-refractivity contribution in [2.45, 2.75) is 11.8 Å². The van der Waals surface area contributed by atoms with Crippen molar-refractivity contribution < 1.29 is 17.6 Å². The zero-order chi connectivity index (χ0) is 19.2. The first kappa shape index (κ1) is 17.3. The molecule has 0 saturated carbocycles. The predicted octanol–water partition coefficient (Wildman–Crippen LogP) is 3.79. The Morgan fingerprint density at radius 3 is 2.37 bits per heavy atom. The molecular formula is C20H16N2O4S. The van der Waals surface area contributed by atoms with Crippen molar-refractivity contribution in [3.05, 3.63) is 72.0 Å². The maximum atomic E-state index is 12.7. The second-order valence-electron chi connectivity index (χ2n) is 6.24. The molecule has 4 rings (SSSR count). The molecule has 0 aliphatic heterocycles. The first-order valence-electron chi connectivity index (χ1n) is 8.19. The van der Waals surface area contributed by atoms with Crippen molar-refractivity contribution in [1.29, 1.82) is 0 Å². The van der Waals surface area contributed by atoms with Gasteiger partial charge in [-0.25, -0.2) is 13.6 Å². The normalized spacial score (nSPS) is 11.8. The van der Waals surface area contributed by atoms with E-state index in [-0.39, 0.29) is 10.7 Å². The molecule has 0 fully saturated rings. The Balaban J connectivity index is 1.70. The van der Waals surface area contributed by atoms with Crippen LogP contribution in [0.15, 0.2) is 70.0 Å². The lowest BCUT2D eigenvalue weighted by Gasteiger charge is -2.05. The Morgan fingerprint density at radius 1 is 0.963 bits per heavy atom. The second-order valence-corrected chi connectivity index (χ2v) is 7.80. The molecule has 0 atom stereocenters. The molecule has 0 aliphatic carbocycles. The molecule has 0 radical (unpaired) electrons. The van der Waals surface area contributed by atoms with E-state index in [9.17, 15) is 13.2 Å². The number of anilines is 1. The van der Waals surface area contributed by atoms with Gasteiger partial charge < -0.3 is 9.73 Å². The molecule has 0 unspecified atom stereocenters. The molecule has 0 spiro atoms. The average molecular weight is 380 g/mol. The van der Waals surface area contributed by atoms with Crippen LogP contribution in [0.3, 0.4) is 0 Å². The monoisotopic (exact) mass is 380 g/mol. The van der Waals surface area contributed by atoms with Crippen LogP contribution >= 0.6 is 0 Å². The van der Waals surface area contributed by atoms with Crippen molar-refractivity contribution in [3.63, 3.8) is 0 Å². The van der Waals surface area contributed by atoms with Crippen molar-refractivity contribution in [1.82, 2.24) is 0 Å². The molecule has 0 aliphatic rings. The maximum Gasteiger partial charge on any atom is 0.291 e. The van der Waals surface area contributed by atoms with Gasteiger partial charge in [-0.05, 0) is 36.6 Å². The van der Waals surface area contributed by atoms with Crippen LogP contribution in [0.4, 0.5) is 5.69 Å². The zero-order valence-corrected chi connectivity index (χ0v) is 15.2. The van der Waals surface area contributed by atoms with Gasteiger partial charge >= 0.3 is 0 Å². The summed E-state index contributed by atoms with van der Waals surface area (Å²) in [6.45, 7) is 1.83. The number of aryl methyl sites for hydroxylation is 1. The first-order chi connectivity index (χ1) is 12.8. The summed E-state index contributed by atoms with van der Waals surface area (Å²) in [5.41, 5.74) is 1.85. The van der Waals surface area contributed by atoms with Crippen molar-refractivity contribution >= 4 is 43.4 Å². The molecule has 1 heterocycles. The number of hydrogen-bond acceptors (Lipinski definition) is 4. The molecule has 3 aromatic carbocycles. The fourth-order valence-electron chi connectivity index (χ4n) is 3.08. The molecule has 1 amide bonds. The largest absolute Gasteiger partial charge is 0.450 e. The quantitative estimate of drug-likeness (QED) is 0.564. The third-order valence-corrected chi connectivity index (χ3v) is 5.40. The van der Waals surface area contributed by atoms with Gasteiger partial charge in [0.25, 0.3) is 5.91 Å². The number of fused-ring (bicyclic) bond motifs is 3. The number of furan rings is 1. The van der Waals surface area contributed by atoms with E-state index in [0.717, 1.165) is 21.7 Å². The third kappa shape index (κ3) is 3.07. The van der Waals surface area contributed by atoms with E-state index >= 15 is 0 Å². The number of nitrogens with one attached hydrogen (secondary N) is 1. The molecule has 7 heteroatoms. The van der Waals surface area contributed by atoms with Gasteiger partial charge in [0.05, 0.1) is 4.90 Å². The lowest BCUT2D eigenvalue weighted by molar-refractivity contribution is 0.0998. The fourth-order valence-corrected chi connectivity index (χ4v) is 3.60. The number of benzene rings is 3. The van der Waals surface area contributed by atoms with Gasteiger partial charge in [0.1, 0.15) is 5.58 Å². The number of hydrogen-bond donors (Lipinski definition) is 2. The number of primary sulfonamides is 1. The minimum atomic E-state index is -3.78. The summed E-state index contributed by atoms with van der Waals surface area (Å²) in [6.07, 6.45) is 0. The number of nitrogens with two attached hydrogens (primary N) is 1. The lowest BCUT2D eigenvalue weighted by Crippen LogP contribution is -2.14. The van der Waals surface area contributed by atoms with Crippen molar-refractivity contribution in [2.24, 2.45) is 5.14 Å². The molecule has 6 nitrogen and oxygen atoms in total. The van der Waals surface area contributed by atoms with E-state index in [1.54, 1.807) is 0 Å². The van der Waals surface area contributed by atoms with E-state index in [1.807, 2.05) is 43.3 Å². The number of amides is 1. The fraction of sp³-hybridized carbons (Fsp3) is 0.0500. The summed E-state index contributed by atoms with van der Waals surface area (Å²) >= 11 is 0. The lowest BCUT2D eigenvalue weighted by atomic mass is 10.1.